The van der Waals surface area contributed by atoms with Crippen LogP contribution in [0.4, 0.5) is 0 Å². The van der Waals surface area contributed by atoms with E-state index in [2.05, 4.69) is 90.4 Å². The number of aromatic nitrogens is 1. The fraction of sp³-hybridized carbons (Fsp3) is 0.333. The molecule has 3 nitrogen and oxygen atoms in total. The minimum absolute atomic E-state index is 0. The van der Waals surface area contributed by atoms with Crippen molar-refractivity contribution in [2.75, 3.05) is 20.7 Å². The van der Waals surface area contributed by atoms with Crippen LogP contribution in [0.1, 0.15) is 30.4 Å². The molecule has 0 aliphatic heterocycles. The van der Waals surface area contributed by atoms with Crippen LogP contribution in [0.5, 0.6) is 0 Å². The summed E-state index contributed by atoms with van der Waals surface area (Å²) in [5.41, 5.74) is 5.41. The Hall–Kier alpha value is -2.07. The van der Waals surface area contributed by atoms with Crippen LogP contribution in [0, 0.1) is 0 Å². The molecule has 0 radical (unpaired) electrons. The lowest BCUT2D eigenvalue weighted by Crippen LogP contribution is -2.42. The van der Waals surface area contributed by atoms with E-state index in [0.29, 0.717) is 6.54 Å². The molecule has 28 heavy (non-hydrogen) atoms. The number of aliphatic hydroxyl groups excluding tert-OH is 1. The second-order valence-corrected chi connectivity index (χ2v) is 7.70. The Labute approximate surface area is 173 Å². The molecule has 1 N–H and O–H groups in total. The Balaban J connectivity index is 0.00000225. The van der Waals surface area contributed by atoms with Crippen LogP contribution in [0.25, 0.3) is 16.5 Å². The number of hydrogen-bond donors (Lipinski definition) is 1. The molecule has 1 atom stereocenters. The van der Waals surface area contributed by atoms with Gasteiger partial charge < -0.3 is 9.67 Å². The molecular formula is C24H29ClN2O. The lowest BCUT2D eigenvalue weighted by molar-refractivity contribution is 0.138. The van der Waals surface area contributed by atoms with Crippen molar-refractivity contribution in [1.82, 2.24) is 9.47 Å². The quantitative estimate of drug-likeness (QED) is 0.651. The zero-order chi connectivity index (χ0) is 18.9. The Morgan fingerprint density at radius 1 is 1.04 bits per heavy atom. The summed E-state index contributed by atoms with van der Waals surface area (Å²) in [7, 11) is 4.39. The molecule has 148 valence electrons. The summed E-state index contributed by atoms with van der Waals surface area (Å²) in [5.74, 6) is 0. The fourth-order valence-corrected chi connectivity index (χ4v) is 4.55. The molecule has 2 aromatic carbocycles. The van der Waals surface area contributed by atoms with E-state index in [1.165, 1.54) is 27.6 Å². The fourth-order valence-electron chi connectivity index (χ4n) is 4.55. The highest BCUT2D eigenvalue weighted by Crippen LogP contribution is 2.43. The van der Waals surface area contributed by atoms with Gasteiger partial charge in [0.05, 0.1) is 6.61 Å². The van der Waals surface area contributed by atoms with Crippen molar-refractivity contribution in [2.45, 2.75) is 31.3 Å². The van der Waals surface area contributed by atoms with Gasteiger partial charge in [-0.15, -0.1) is 12.4 Å². The van der Waals surface area contributed by atoms with Crippen molar-refractivity contribution in [3.63, 3.8) is 0 Å². The first-order valence-electron chi connectivity index (χ1n) is 9.77. The molecule has 0 saturated heterocycles. The van der Waals surface area contributed by atoms with E-state index in [1.807, 2.05) is 0 Å². The normalized spacial score (nSPS) is 19.5. The van der Waals surface area contributed by atoms with Crippen LogP contribution in [-0.2, 0) is 12.1 Å². The monoisotopic (exact) mass is 396 g/mol. The number of rotatable bonds is 5. The van der Waals surface area contributed by atoms with Gasteiger partial charge in [0.1, 0.15) is 0 Å². The maximum atomic E-state index is 9.41. The average Bonchev–Trinajstić information content (AvgIpc) is 3.08. The lowest BCUT2D eigenvalue weighted by atomic mass is 9.75. The van der Waals surface area contributed by atoms with Crippen molar-refractivity contribution >= 4 is 28.9 Å². The van der Waals surface area contributed by atoms with Gasteiger partial charge in [0.2, 0.25) is 0 Å². The smallest absolute Gasteiger partial charge is 0.0610 e. The summed E-state index contributed by atoms with van der Waals surface area (Å²) in [4.78, 5) is 2.38. The first-order chi connectivity index (χ1) is 13.2. The highest BCUT2D eigenvalue weighted by Gasteiger charge is 2.36. The van der Waals surface area contributed by atoms with E-state index in [4.69, 9.17) is 0 Å². The summed E-state index contributed by atoms with van der Waals surface area (Å²) in [6.45, 7) is 0.800. The van der Waals surface area contributed by atoms with Gasteiger partial charge in [-0.05, 0) is 50.6 Å². The number of halogens is 1. The zero-order valence-electron chi connectivity index (χ0n) is 16.6. The number of allylic oxidation sites excluding steroid dienone is 1. The van der Waals surface area contributed by atoms with Crippen molar-refractivity contribution in [2.24, 2.45) is 0 Å². The molecule has 4 heteroatoms. The van der Waals surface area contributed by atoms with Gasteiger partial charge >= 0.3 is 0 Å². The predicted molar refractivity (Wildman–Crippen MR) is 120 cm³/mol. The van der Waals surface area contributed by atoms with Gasteiger partial charge in [0.15, 0.2) is 0 Å². The van der Waals surface area contributed by atoms with Crippen LogP contribution >= 0.6 is 12.4 Å². The Kier molecular flexibility index (Phi) is 6.29. The van der Waals surface area contributed by atoms with Gasteiger partial charge in [0.25, 0.3) is 0 Å². The van der Waals surface area contributed by atoms with E-state index in [0.717, 1.165) is 19.3 Å². The summed E-state index contributed by atoms with van der Waals surface area (Å²) < 4.78 is 2.18. The van der Waals surface area contributed by atoms with Crippen LogP contribution in [0.2, 0.25) is 0 Å². The van der Waals surface area contributed by atoms with Gasteiger partial charge in [-0.3, -0.25) is 4.90 Å². The van der Waals surface area contributed by atoms with E-state index < -0.39 is 0 Å². The average molecular weight is 397 g/mol. The van der Waals surface area contributed by atoms with Crippen LogP contribution in [0.3, 0.4) is 0 Å². The number of aliphatic hydroxyl groups is 1. The van der Waals surface area contributed by atoms with E-state index in [-0.39, 0.29) is 24.6 Å². The van der Waals surface area contributed by atoms with E-state index in [9.17, 15) is 5.11 Å². The molecular weight excluding hydrogens is 368 g/mol. The molecule has 0 amide bonds. The van der Waals surface area contributed by atoms with E-state index >= 15 is 0 Å². The molecule has 1 heterocycles. The minimum atomic E-state index is 0. The second-order valence-electron chi connectivity index (χ2n) is 7.70. The maximum Gasteiger partial charge on any atom is 0.0610 e. The number of benzene rings is 2. The van der Waals surface area contributed by atoms with Gasteiger partial charge in [-0.25, -0.2) is 0 Å². The lowest BCUT2D eigenvalue weighted by Gasteiger charge is -2.43. The van der Waals surface area contributed by atoms with E-state index in [1.54, 1.807) is 0 Å². The summed E-state index contributed by atoms with van der Waals surface area (Å²) in [6, 6.07) is 19.4. The summed E-state index contributed by atoms with van der Waals surface area (Å²) in [5, 5.41) is 10.7. The largest absolute Gasteiger partial charge is 0.395 e. The molecule has 1 unspecified atom stereocenters. The molecule has 1 aliphatic carbocycles. The Bertz CT molecular complexity index is 961. The number of para-hydroxylation sites is 1. The highest BCUT2D eigenvalue weighted by atomic mass is 35.5. The SMILES string of the molecule is CN(C)C1(c2ccccc2)CC=C(c2cn(CCO)c3ccccc23)CC1.Cl. The molecule has 0 spiro atoms. The second kappa shape index (κ2) is 8.52. The number of nitrogens with zero attached hydrogens (tertiary/aromatic N) is 2. The van der Waals surface area contributed by atoms with Crippen molar-refractivity contribution < 1.29 is 5.11 Å². The third kappa shape index (κ3) is 3.50. The zero-order valence-corrected chi connectivity index (χ0v) is 17.5. The van der Waals surface area contributed by atoms with Crippen molar-refractivity contribution in [3.05, 3.63) is 78.0 Å². The predicted octanol–water partition coefficient (Wildman–Crippen LogP) is 5.08. The van der Waals surface area contributed by atoms with Crippen LogP contribution in [-0.4, -0.2) is 35.3 Å². The molecule has 1 aliphatic rings. The molecule has 0 saturated carbocycles. The Morgan fingerprint density at radius 3 is 2.39 bits per heavy atom. The van der Waals surface area contributed by atoms with Gasteiger partial charge in [-0.1, -0.05) is 54.6 Å². The number of hydrogen-bond acceptors (Lipinski definition) is 2. The third-order valence-electron chi connectivity index (χ3n) is 6.14. The van der Waals surface area contributed by atoms with Crippen molar-refractivity contribution in [1.29, 1.82) is 0 Å². The number of fused-ring (bicyclic) bond motifs is 1. The molecule has 0 bridgehead atoms. The molecule has 4 rings (SSSR count). The highest BCUT2D eigenvalue weighted by molar-refractivity contribution is 5.93. The first-order valence-corrected chi connectivity index (χ1v) is 9.77. The first kappa shape index (κ1) is 20.7. The summed E-state index contributed by atoms with van der Waals surface area (Å²) in [6.07, 6.45) is 7.83. The van der Waals surface area contributed by atoms with Gasteiger partial charge in [-0.2, -0.15) is 0 Å². The molecule has 3 aromatic rings. The van der Waals surface area contributed by atoms with Crippen LogP contribution < -0.4 is 0 Å². The molecule has 1 aromatic heterocycles. The Morgan fingerprint density at radius 2 is 1.75 bits per heavy atom. The minimum Gasteiger partial charge on any atom is -0.395 e. The van der Waals surface area contributed by atoms with Gasteiger partial charge in [0, 0.05) is 34.7 Å². The summed E-state index contributed by atoms with van der Waals surface area (Å²) >= 11 is 0. The maximum absolute atomic E-state index is 9.41. The third-order valence-corrected chi connectivity index (χ3v) is 6.14. The topological polar surface area (TPSA) is 28.4 Å². The van der Waals surface area contributed by atoms with Crippen molar-refractivity contribution in [3.8, 4) is 0 Å². The standard InChI is InChI=1S/C24H28N2O.ClH/c1-25(2)24(20-8-4-3-5-9-20)14-12-19(13-15-24)22-18-26(16-17-27)23-11-7-6-10-21(22)23;/h3-12,18,27H,13-17H2,1-2H3;1H. The molecule has 0 fully saturated rings. The van der Waals surface area contributed by atoms with Crippen LogP contribution in [0.15, 0.2) is 66.9 Å².